The molecule has 9 heteroatoms. The monoisotopic (exact) mass is 534 g/mol. The summed E-state index contributed by atoms with van der Waals surface area (Å²) in [7, 11) is 1.89. The molecule has 2 amide bonds. The Morgan fingerprint density at radius 2 is 1.75 bits per heavy atom. The first-order valence-electron chi connectivity index (χ1n) is 13.0. The summed E-state index contributed by atoms with van der Waals surface area (Å²) >= 11 is 0. The molecule has 1 aromatic heterocycles. The number of hydrogen-bond acceptors (Lipinski definition) is 7. The fourth-order valence-electron chi connectivity index (χ4n) is 4.14. The second-order valence-electron chi connectivity index (χ2n) is 9.03. The number of nitrogens with zero attached hydrogens (tertiary/aromatic N) is 3. The Morgan fingerprint density at radius 1 is 0.975 bits per heavy atom. The molecule has 202 valence electrons. The molecule has 1 fully saturated rings. The number of hydroxylamine groups is 2. The number of likely N-dealkylation sites (N-methyl/N-ethyl adjacent to an activating group) is 1. The number of amides is 2. The van der Waals surface area contributed by atoms with Crippen LogP contribution in [0.25, 0.3) is 0 Å². The number of urea groups is 1. The molecule has 1 atom stereocenters. The van der Waals surface area contributed by atoms with Gasteiger partial charge in [-0.2, -0.15) is 5.06 Å². The van der Waals surface area contributed by atoms with Gasteiger partial charge in [0.2, 0.25) is 5.95 Å². The van der Waals surface area contributed by atoms with Crippen molar-refractivity contribution in [3.63, 3.8) is 0 Å². The van der Waals surface area contributed by atoms with Gasteiger partial charge in [0, 0.05) is 42.3 Å². The average Bonchev–Trinajstić information content (AvgIpc) is 3.49. The van der Waals surface area contributed by atoms with Gasteiger partial charge < -0.3 is 20.7 Å². The Morgan fingerprint density at radius 3 is 2.52 bits per heavy atom. The molecule has 1 aliphatic heterocycles. The highest BCUT2D eigenvalue weighted by atomic mass is 16.7. The van der Waals surface area contributed by atoms with Crippen LogP contribution in [-0.4, -0.2) is 47.9 Å². The molecule has 0 bridgehead atoms. The van der Waals surface area contributed by atoms with Gasteiger partial charge in [-0.3, -0.25) is 4.84 Å². The van der Waals surface area contributed by atoms with Crippen LogP contribution >= 0.6 is 0 Å². The number of benzene rings is 3. The third kappa shape index (κ3) is 7.14. The highest BCUT2D eigenvalue weighted by Crippen LogP contribution is 2.30. The van der Waals surface area contributed by atoms with Gasteiger partial charge in [-0.05, 0) is 55.1 Å². The van der Waals surface area contributed by atoms with Crippen molar-refractivity contribution in [1.29, 1.82) is 0 Å². The van der Waals surface area contributed by atoms with Crippen LogP contribution < -0.4 is 20.7 Å². The number of aromatic nitrogens is 2. The summed E-state index contributed by atoms with van der Waals surface area (Å²) in [5.74, 6) is 7.46. The fourth-order valence-corrected chi connectivity index (χ4v) is 4.14. The van der Waals surface area contributed by atoms with E-state index in [-0.39, 0.29) is 12.1 Å². The molecule has 0 spiro atoms. The second-order valence-corrected chi connectivity index (χ2v) is 9.03. The number of carbonyl (C=O) groups excluding carboxylic acids is 1. The first-order valence-corrected chi connectivity index (χ1v) is 13.0. The van der Waals surface area contributed by atoms with Crippen LogP contribution in [0.15, 0.2) is 91.3 Å². The number of ether oxygens (including phenoxy) is 1. The van der Waals surface area contributed by atoms with Crippen LogP contribution in [0.1, 0.15) is 29.2 Å². The summed E-state index contributed by atoms with van der Waals surface area (Å²) < 4.78 is 5.64. The number of nitrogens with one attached hydrogen (secondary N) is 3. The van der Waals surface area contributed by atoms with E-state index in [1.54, 1.807) is 12.4 Å². The predicted octanol–water partition coefficient (Wildman–Crippen LogP) is 5.13. The summed E-state index contributed by atoms with van der Waals surface area (Å²) in [5, 5.41) is 10.5. The quantitative estimate of drug-likeness (QED) is 0.213. The smallest absolute Gasteiger partial charge is 0.346 e. The standard InChI is InChI=1S/C31H30N6O3/c1-32-17-19-39-28-14-12-26(13-15-28)35-30-33-21-24(22-34-30)11-10-23-6-5-9-27(20-23)36-31(38)37-29(16-18-40-37)25-7-3-2-4-8-25/h2-9,12-15,20-22,29,32H,16-19H2,1H3,(H,36,38)(H,33,34,35)/t29-/m0/s1. The van der Waals surface area contributed by atoms with Gasteiger partial charge in [0.1, 0.15) is 12.4 Å². The second kappa shape index (κ2) is 13.2. The summed E-state index contributed by atoms with van der Waals surface area (Å²) in [6, 6.07) is 24.4. The van der Waals surface area contributed by atoms with Gasteiger partial charge in [0.05, 0.1) is 18.2 Å². The lowest BCUT2D eigenvalue weighted by molar-refractivity contribution is -0.0829. The third-order valence-electron chi connectivity index (χ3n) is 6.14. The predicted molar refractivity (Wildman–Crippen MR) is 154 cm³/mol. The number of hydrogen-bond donors (Lipinski definition) is 3. The topological polar surface area (TPSA) is 101 Å². The van der Waals surface area contributed by atoms with E-state index < -0.39 is 0 Å². The minimum Gasteiger partial charge on any atom is -0.492 e. The van der Waals surface area contributed by atoms with Crippen molar-refractivity contribution in [2.24, 2.45) is 0 Å². The lowest BCUT2D eigenvalue weighted by Gasteiger charge is -2.23. The molecular formula is C31H30N6O3. The van der Waals surface area contributed by atoms with Gasteiger partial charge in [-0.25, -0.2) is 14.8 Å². The third-order valence-corrected chi connectivity index (χ3v) is 6.14. The molecule has 40 heavy (non-hydrogen) atoms. The van der Waals surface area contributed by atoms with Crippen LogP contribution in [-0.2, 0) is 4.84 Å². The van der Waals surface area contributed by atoms with Crippen molar-refractivity contribution in [3.05, 3.63) is 108 Å². The molecule has 3 aromatic carbocycles. The van der Waals surface area contributed by atoms with Crippen LogP contribution in [0.2, 0.25) is 0 Å². The molecule has 3 N–H and O–H groups in total. The maximum Gasteiger partial charge on any atom is 0.346 e. The SMILES string of the molecule is CNCCOc1ccc(Nc2ncc(C#Cc3cccc(NC(=O)N4OCC[C@H]4c4ccccc4)c3)cn2)cc1. The summed E-state index contributed by atoms with van der Waals surface area (Å²) in [6.07, 6.45) is 4.08. The van der Waals surface area contributed by atoms with Crippen molar-refractivity contribution in [1.82, 2.24) is 20.3 Å². The molecule has 4 aromatic rings. The number of rotatable bonds is 8. The van der Waals surface area contributed by atoms with Crippen LogP contribution in [0.3, 0.4) is 0 Å². The van der Waals surface area contributed by atoms with Crippen LogP contribution in [0, 0.1) is 11.8 Å². The lowest BCUT2D eigenvalue weighted by Crippen LogP contribution is -2.33. The molecule has 5 rings (SSSR count). The van der Waals surface area contributed by atoms with E-state index in [4.69, 9.17) is 9.57 Å². The minimum absolute atomic E-state index is 0.122. The Balaban J connectivity index is 1.17. The van der Waals surface area contributed by atoms with Crippen molar-refractivity contribution < 1.29 is 14.4 Å². The Labute approximate surface area is 233 Å². The van der Waals surface area contributed by atoms with Gasteiger partial charge >= 0.3 is 6.03 Å². The average molecular weight is 535 g/mol. The molecule has 1 aliphatic rings. The van der Waals surface area contributed by atoms with E-state index in [9.17, 15) is 4.79 Å². The molecule has 9 nitrogen and oxygen atoms in total. The molecular weight excluding hydrogens is 504 g/mol. The van der Waals surface area contributed by atoms with E-state index in [0.29, 0.717) is 30.4 Å². The Bertz CT molecular complexity index is 1470. The van der Waals surface area contributed by atoms with Gasteiger partial charge in [-0.15, -0.1) is 0 Å². The summed E-state index contributed by atoms with van der Waals surface area (Å²) in [6.45, 7) is 1.89. The van der Waals surface area contributed by atoms with Gasteiger partial charge in [0.15, 0.2) is 0 Å². The van der Waals surface area contributed by atoms with Crippen molar-refractivity contribution in [2.45, 2.75) is 12.5 Å². The maximum absolute atomic E-state index is 12.9. The van der Waals surface area contributed by atoms with E-state index in [1.165, 1.54) is 5.06 Å². The highest BCUT2D eigenvalue weighted by molar-refractivity contribution is 5.89. The van der Waals surface area contributed by atoms with Crippen molar-refractivity contribution in [3.8, 4) is 17.6 Å². The molecule has 0 aliphatic carbocycles. The zero-order chi connectivity index (χ0) is 27.6. The molecule has 0 unspecified atom stereocenters. The normalized spacial score (nSPS) is 14.2. The summed E-state index contributed by atoms with van der Waals surface area (Å²) in [4.78, 5) is 27.3. The largest absolute Gasteiger partial charge is 0.492 e. The molecule has 1 saturated heterocycles. The van der Waals surface area contributed by atoms with Gasteiger partial charge in [0.25, 0.3) is 0 Å². The fraction of sp³-hybridized carbons (Fsp3) is 0.194. The van der Waals surface area contributed by atoms with Crippen molar-refractivity contribution >= 4 is 23.4 Å². The number of anilines is 3. The highest BCUT2D eigenvalue weighted by Gasteiger charge is 2.31. The molecule has 0 radical (unpaired) electrons. The first-order chi connectivity index (χ1) is 19.7. The molecule has 0 saturated carbocycles. The van der Waals surface area contributed by atoms with E-state index in [0.717, 1.165) is 35.5 Å². The van der Waals surface area contributed by atoms with Crippen LogP contribution in [0.5, 0.6) is 5.75 Å². The minimum atomic E-state index is -0.316. The Hall–Kier alpha value is -4.91. The zero-order valence-electron chi connectivity index (χ0n) is 22.1. The number of carbonyl (C=O) groups is 1. The zero-order valence-corrected chi connectivity index (χ0v) is 22.1. The molecule has 2 heterocycles. The maximum atomic E-state index is 12.9. The van der Waals surface area contributed by atoms with Crippen LogP contribution in [0.4, 0.5) is 22.1 Å². The summed E-state index contributed by atoms with van der Waals surface area (Å²) in [5.41, 5.74) is 3.95. The lowest BCUT2D eigenvalue weighted by atomic mass is 10.1. The van der Waals surface area contributed by atoms with Gasteiger partial charge in [-0.1, -0.05) is 48.2 Å². The van der Waals surface area contributed by atoms with E-state index >= 15 is 0 Å². The van der Waals surface area contributed by atoms with Crippen molar-refractivity contribution in [2.75, 3.05) is 37.4 Å². The first kappa shape index (κ1) is 26.7. The van der Waals surface area contributed by atoms with E-state index in [1.807, 2.05) is 85.9 Å². The van der Waals surface area contributed by atoms with E-state index in [2.05, 4.69) is 37.8 Å². The Kier molecular flexibility index (Phi) is 8.84.